The molecule has 0 saturated heterocycles. The summed E-state index contributed by atoms with van der Waals surface area (Å²) in [6, 6.07) is 12.5. The highest BCUT2D eigenvalue weighted by Crippen LogP contribution is 2.24. The molecule has 3 N–H and O–H groups in total. The molecule has 34 heavy (non-hydrogen) atoms. The van der Waals surface area contributed by atoms with Gasteiger partial charge in [0.25, 0.3) is 0 Å². The van der Waals surface area contributed by atoms with E-state index in [2.05, 4.69) is 20.9 Å². The van der Waals surface area contributed by atoms with Gasteiger partial charge in [-0.2, -0.15) is 0 Å². The summed E-state index contributed by atoms with van der Waals surface area (Å²) < 4.78 is 40.3. The van der Waals surface area contributed by atoms with Crippen molar-refractivity contribution >= 4 is 34.8 Å². The second kappa shape index (κ2) is 10.1. The first-order chi connectivity index (χ1) is 16.4. The van der Waals surface area contributed by atoms with Crippen LogP contribution < -0.4 is 16.0 Å². The molecule has 174 valence electrons. The number of amides is 4. The van der Waals surface area contributed by atoms with E-state index in [1.165, 1.54) is 23.1 Å². The Morgan fingerprint density at radius 1 is 0.912 bits per heavy atom. The number of halogens is 3. The number of urea groups is 2. The average molecular weight is 467 g/mol. The van der Waals surface area contributed by atoms with Crippen molar-refractivity contribution in [1.82, 2.24) is 9.88 Å². The first-order valence-corrected chi connectivity index (χ1v) is 10.4. The normalized spacial score (nSPS) is 13.1. The minimum atomic E-state index is -0.946. The maximum absolute atomic E-state index is 13.7. The number of para-hydroxylation sites is 1. The Balaban J connectivity index is 1.32. The van der Waals surface area contributed by atoms with Crippen LogP contribution in [0.2, 0.25) is 0 Å². The first-order valence-electron chi connectivity index (χ1n) is 10.4. The number of nitrogens with one attached hydrogen (secondary N) is 3. The van der Waals surface area contributed by atoms with Gasteiger partial charge in [-0.05, 0) is 41.8 Å². The number of carbonyl (C=O) groups is 2. The lowest BCUT2D eigenvalue weighted by atomic mass is 9.99. The Labute approximate surface area is 193 Å². The number of benzene rings is 2. The SMILES string of the molecule is O=C(Nc1ccc(C2=CCN(C(=O)Nc3ncc(F)cc3F)CC2)cc1)Nc1ccccc1F. The summed E-state index contributed by atoms with van der Waals surface area (Å²) in [7, 11) is 0. The smallest absolute Gasteiger partial charge is 0.320 e. The third kappa shape index (κ3) is 5.52. The van der Waals surface area contributed by atoms with Gasteiger partial charge in [0.15, 0.2) is 11.6 Å². The van der Waals surface area contributed by atoms with E-state index in [1.807, 2.05) is 18.2 Å². The van der Waals surface area contributed by atoms with Gasteiger partial charge in [0.05, 0.1) is 11.9 Å². The predicted molar refractivity (Wildman–Crippen MR) is 123 cm³/mol. The van der Waals surface area contributed by atoms with Crippen molar-refractivity contribution in [2.45, 2.75) is 6.42 Å². The van der Waals surface area contributed by atoms with E-state index in [1.54, 1.807) is 18.2 Å². The lowest BCUT2D eigenvalue weighted by Gasteiger charge is -2.26. The van der Waals surface area contributed by atoms with E-state index in [9.17, 15) is 22.8 Å². The summed E-state index contributed by atoms with van der Waals surface area (Å²) in [5.74, 6) is -2.63. The van der Waals surface area contributed by atoms with E-state index in [0.717, 1.165) is 17.3 Å². The molecule has 0 spiro atoms. The number of hydrogen-bond acceptors (Lipinski definition) is 3. The fourth-order valence-electron chi connectivity index (χ4n) is 3.42. The average Bonchev–Trinajstić information content (AvgIpc) is 2.83. The zero-order chi connectivity index (χ0) is 24.1. The van der Waals surface area contributed by atoms with Gasteiger partial charge in [-0.15, -0.1) is 0 Å². The van der Waals surface area contributed by atoms with Crippen LogP contribution in [0, 0.1) is 17.5 Å². The molecule has 0 aliphatic carbocycles. The van der Waals surface area contributed by atoms with Crippen LogP contribution in [0.5, 0.6) is 0 Å². The van der Waals surface area contributed by atoms with E-state index < -0.39 is 29.5 Å². The standard InChI is InChI=1S/C24H20F3N5O2/c25-17-13-20(27)22(28-14-17)31-24(34)32-11-9-16(10-12-32)15-5-7-18(8-6-15)29-23(33)30-21-4-2-1-3-19(21)26/h1-9,13-14H,10-12H2,(H,28,31,34)(H2,29,30,33). The number of hydrogen-bond donors (Lipinski definition) is 3. The minimum absolute atomic E-state index is 0.0792. The Morgan fingerprint density at radius 3 is 2.35 bits per heavy atom. The Bertz CT molecular complexity index is 1250. The van der Waals surface area contributed by atoms with Crippen molar-refractivity contribution in [3.63, 3.8) is 0 Å². The lowest BCUT2D eigenvalue weighted by Crippen LogP contribution is -2.38. The van der Waals surface area contributed by atoms with E-state index in [0.29, 0.717) is 31.3 Å². The number of carbonyl (C=O) groups excluding carboxylic acids is 2. The second-order valence-electron chi connectivity index (χ2n) is 7.48. The van der Waals surface area contributed by atoms with Gasteiger partial charge in [0, 0.05) is 24.8 Å². The summed E-state index contributed by atoms with van der Waals surface area (Å²) in [6.07, 6.45) is 3.27. The Morgan fingerprint density at radius 2 is 1.68 bits per heavy atom. The number of nitrogens with zero attached hydrogens (tertiary/aromatic N) is 2. The van der Waals surface area contributed by atoms with E-state index in [-0.39, 0.29) is 11.5 Å². The van der Waals surface area contributed by atoms with Gasteiger partial charge in [-0.3, -0.25) is 5.32 Å². The quantitative estimate of drug-likeness (QED) is 0.476. The topological polar surface area (TPSA) is 86.4 Å². The molecule has 0 atom stereocenters. The fourth-order valence-corrected chi connectivity index (χ4v) is 3.42. The van der Waals surface area contributed by atoms with Crippen LogP contribution >= 0.6 is 0 Å². The summed E-state index contributed by atoms with van der Waals surface area (Å²) in [6.45, 7) is 0.695. The second-order valence-corrected chi connectivity index (χ2v) is 7.48. The van der Waals surface area contributed by atoms with Crippen molar-refractivity contribution in [2.24, 2.45) is 0 Å². The third-order valence-electron chi connectivity index (χ3n) is 5.17. The van der Waals surface area contributed by atoms with Gasteiger partial charge >= 0.3 is 12.1 Å². The van der Waals surface area contributed by atoms with Crippen LogP contribution in [0.4, 0.5) is 40.0 Å². The van der Waals surface area contributed by atoms with Crippen LogP contribution in [0.25, 0.3) is 5.57 Å². The monoisotopic (exact) mass is 467 g/mol. The van der Waals surface area contributed by atoms with Gasteiger partial charge in [-0.25, -0.2) is 27.7 Å². The first kappa shape index (κ1) is 22.8. The molecule has 0 saturated carbocycles. The number of anilines is 3. The molecule has 4 rings (SSSR count). The molecule has 0 unspecified atom stereocenters. The van der Waals surface area contributed by atoms with Crippen LogP contribution in [-0.2, 0) is 0 Å². The third-order valence-corrected chi connectivity index (χ3v) is 5.17. The van der Waals surface area contributed by atoms with Crippen LogP contribution in [0.15, 0.2) is 66.9 Å². The van der Waals surface area contributed by atoms with Crippen molar-refractivity contribution < 1.29 is 22.8 Å². The highest BCUT2D eigenvalue weighted by atomic mass is 19.1. The van der Waals surface area contributed by atoms with Gasteiger partial charge in [0.2, 0.25) is 0 Å². The van der Waals surface area contributed by atoms with E-state index >= 15 is 0 Å². The van der Waals surface area contributed by atoms with Crippen LogP contribution in [0.1, 0.15) is 12.0 Å². The van der Waals surface area contributed by atoms with Crippen LogP contribution in [0.3, 0.4) is 0 Å². The molecule has 2 heterocycles. The molecule has 2 aromatic carbocycles. The molecule has 3 aromatic rings. The van der Waals surface area contributed by atoms with Gasteiger partial charge in [0.1, 0.15) is 11.6 Å². The Hall–Kier alpha value is -4.34. The summed E-state index contributed by atoms with van der Waals surface area (Å²) >= 11 is 0. The highest BCUT2D eigenvalue weighted by Gasteiger charge is 2.20. The molecule has 1 aliphatic rings. The van der Waals surface area contributed by atoms with Crippen molar-refractivity contribution in [3.05, 3.63) is 89.9 Å². The van der Waals surface area contributed by atoms with E-state index in [4.69, 9.17) is 0 Å². The molecule has 4 amide bonds. The largest absolute Gasteiger partial charge is 0.323 e. The number of rotatable bonds is 4. The molecule has 1 aromatic heterocycles. The molecular weight excluding hydrogens is 447 g/mol. The zero-order valence-corrected chi connectivity index (χ0v) is 17.8. The zero-order valence-electron chi connectivity index (χ0n) is 17.8. The molecule has 1 aliphatic heterocycles. The number of pyridine rings is 1. The summed E-state index contributed by atoms with van der Waals surface area (Å²) in [5, 5.41) is 7.44. The van der Waals surface area contributed by atoms with Gasteiger partial charge < -0.3 is 15.5 Å². The highest BCUT2D eigenvalue weighted by molar-refractivity contribution is 5.99. The molecule has 0 bridgehead atoms. The Kier molecular flexibility index (Phi) is 6.77. The molecular formula is C24H20F3N5O2. The van der Waals surface area contributed by atoms with Crippen molar-refractivity contribution in [2.75, 3.05) is 29.0 Å². The molecule has 0 fully saturated rings. The fraction of sp³-hybridized carbons (Fsp3) is 0.125. The number of aromatic nitrogens is 1. The maximum atomic E-state index is 13.7. The molecule has 7 nitrogen and oxygen atoms in total. The lowest BCUT2D eigenvalue weighted by molar-refractivity contribution is 0.216. The van der Waals surface area contributed by atoms with Crippen LogP contribution in [-0.4, -0.2) is 35.0 Å². The predicted octanol–water partition coefficient (Wildman–Crippen LogP) is 5.46. The minimum Gasteiger partial charge on any atom is -0.320 e. The summed E-state index contributed by atoms with van der Waals surface area (Å²) in [4.78, 5) is 29.5. The maximum Gasteiger partial charge on any atom is 0.323 e. The van der Waals surface area contributed by atoms with Gasteiger partial charge in [-0.1, -0.05) is 30.3 Å². The molecule has 0 radical (unpaired) electrons. The molecule has 10 heteroatoms. The summed E-state index contributed by atoms with van der Waals surface area (Å²) in [5.41, 5.74) is 2.54. The van der Waals surface area contributed by atoms with Crippen molar-refractivity contribution in [1.29, 1.82) is 0 Å². The van der Waals surface area contributed by atoms with Crippen molar-refractivity contribution in [3.8, 4) is 0 Å².